The van der Waals surface area contributed by atoms with Gasteiger partial charge in [-0.25, -0.2) is 0 Å². The number of hydrogen-bond acceptors (Lipinski definition) is 4. The molecule has 5 nitrogen and oxygen atoms in total. The fourth-order valence-electron chi connectivity index (χ4n) is 1.82. The van der Waals surface area contributed by atoms with Gasteiger partial charge in [0, 0.05) is 6.04 Å². The summed E-state index contributed by atoms with van der Waals surface area (Å²) in [4.78, 5) is 11.4. The lowest BCUT2D eigenvalue weighted by atomic mass is 10.3. The first-order valence-electron chi connectivity index (χ1n) is 7.10. The highest BCUT2D eigenvalue weighted by Gasteiger charge is 2.27. The summed E-state index contributed by atoms with van der Waals surface area (Å²) in [6, 6.07) is 7.41. The number of benzene rings is 1. The smallest absolute Gasteiger partial charge is 0.238 e. The number of carbonyl (C=O) groups is 1. The summed E-state index contributed by atoms with van der Waals surface area (Å²) in [5.74, 6) is 0.956. The zero-order chi connectivity index (χ0) is 14.4. The fourth-order valence-corrected chi connectivity index (χ4v) is 1.82. The van der Waals surface area contributed by atoms with Crippen LogP contribution < -0.4 is 20.5 Å². The summed E-state index contributed by atoms with van der Waals surface area (Å²) in [5, 5.41) is 3.18. The highest BCUT2D eigenvalue weighted by Crippen LogP contribution is 2.27. The van der Waals surface area contributed by atoms with E-state index in [1.807, 2.05) is 31.2 Å². The summed E-state index contributed by atoms with van der Waals surface area (Å²) in [5.41, 5.74) is 5.38. The maximum absolute atomic E-state index is 11.4. The highest BCUT2D eigenvalue weighted by atomic mass is 16.5. The van der Waals surface area contributed by atoms with Crippen molar-refractivity contribution in [2.24, 2.45) is 5.73 Å². The molecule has 0 spiro atoms. The minimum absolute atomic E-state index is 0.221. The van der Waals surface area contributed by atoms with E-state index < -0.39 is 6.04 Å². The van der Waals surface area contributed by atoms with E-state index in [9.17, 15) is 4.79 Å². The van der Waals surface area contributed by atoms with Crippen molar-refractivity contribution >= 4 is 5.91 Å². The van der Waals surface area contributed by atoms with Crippen molar-refractivity contribution < 1.29 is 14.3 Å². The van der Waals surface area contributed by atoms with Gasteiger partial charge in [0.15, 0.2) is 11.5 Å². The predicted molar refractivity (Wildman–Crippen MR) is 76.9 cm³/mol. The van der Waals surface area contributed by atoms with E-state index in [2.05, 4.69) is 5.32 Å². The van der Waals surface area contributed by atoms with Gasteiger partial charge in [0.2, 0.25) is 5.91 Å². The first-order valence-corrected chi connectivity index (χ1v) is 7.10. The minimum Gasteiger partial charge on any atom is -0.490 e. The number of rotatable bonds is 9. The lowest BCUT2D eigenvalue weighted by Crippen LogP contribution is -2.46. The first-order chi connectivity index (χ1) is 9.70. The molecule has 1 unspecified atom stereocenters. The number of primary amides is 1. The Hall–Kier alpha value is -1.75. The number of ether oxygens (including phenoxy) is 2. The molecule has 1 aromatic rings. The average molecular weight is 278 g/mol. The number of hydrogen-bond donors (Lipinski definition) is 2. The third kappa shape index (κ3) is 4.42. The highest BCUT2D eigenvalue weighted by molar-refractivity contribution is 5.80. The molecule has 0 bridgehead atoms. The second-order valence-electron chi connectivity index (χ2n) is 5.00. The Balaban J connectivity index is 1.92. The van der Waals surface area contributed by atoms with Crippen LogP contribution in [-0.4, -0.2) is 31.2 Å². The van der Waals surface area contributed by atoms with Crippen LogP contribution in [-0.2, 0) is 4.79 Å². The van der Waals surface area contributed by atoms with Crippen LogP contribution in [0, 0.1) is 0 Å². The first kappa shape index (κ1) is 14.7. The van der Waals surface area contributed by atoms with Crippen LogP contribution >= 0.6 is 0 Å². The molecule has 0 heterocycles. The van der Waals surface area contributed by atoms with Crippen LogP contribution in [0.25, 0.3) is 0 Å². The fraction of sp³-hybridized carbons (Fsp3) is 0.533. The maximum atomic E-state index is 11.4. The zero-order valence-corrected chi connectivity index (χ0v) is 11.8. The number of nitrogens with two attached hydrogens (primary N) is 1. The standard InChI is InChI=1S/C15H22N2O3/c1-2-9-19-13-5-3-4-6-14(13)20-10-12(15(16)18)17-11-7-8-11/h3-6,11-12,17H,2,7-10H2,1H3,(H2,16,18). The van der Waals surface area contributed by atoms with Gasteiger partial charge < -0.3 is 20.5 Å². The Labute approximate surface area is 119 Å². The largest absolute Gasteiger partial charge is 0.490 e. The van der Waals surface area contributed by atoms with Gasteiger partial charge in [-0.2, -0.15) is 0 Å². The second-order valence-corrected chi connectivity index (χ2v) is 5.00. The molecular formula is C15H22N2O3. The Morgan fingerprint density at radius 1 is 1.35 bits per heavy atom. The topological polar surface area (TPSA) is 73.6 Å². The number of carbonyl (C=O) groups excluding carboxylic acids is 1. The van der Waals surface area contributed by atoms with Crippen molar-refractivity contribution in [3.8, 4) is 11.5 Å². The van der Waals surface area contributed by atoms with Gasteiger partial charge in [-0.15, -0.1) is 0 Å². The van der Waals surface area contributed by atoms with Crippen LogP contribution in [0.3, 0.4) is 0 Å². The molecule has 1 atom stereocenters. The molecular weight excluding hydrogens is 256 g/mol. The number of amides is 1. The molecule has 1 amide bonds. The summed E-state index contributed by atoms with van der Waals surface area (Å²) < 4.78 is 11.3. The summed E-state index contributed by atoms with van der Waals surface area (Å²) >= 11 is 0. The van der Waals surface area contributed by atoms with Crippen LogP contribution in [0.2, 0.25) is 0 Å². The van der Waals surface area contributed by atoms with Crippen LogP contribution in [0.5, 0.6) is 11.5 Å². The van der Waals surface area contributed by atoms with Gasteiger partial charge in [0.05, 0.1) is 6.61 Å². The minimum atomic E-state index is -0.457. The van der Waals surface area contributed by atoms with Gasteiger partial charge >= 0.3 is 0 Å². The predicted octanol–water partition coefficient (Wildman–Crippen LogP) is 1.46. The third-order valence-corrected chi connectivity index (χ3v) is 3.07. The third-order valence-electron chi connectivity index (χ3n) is 3.07. The van der Waals surface area contributed by atoms with Gasteiger partial charge in [-0.05, 0) is 31.4 Å². The molecule has 20 heavy (non-hydrogen) atoms. The maximum Gasteiger partial charge on any atom is 0.238 e. The number of para-hydroxylation sites is 2. The lowest BCUT2D eigenvalue weighted by Gasteiger charge is -2.17. The Morgan fingerprint density at radius 2 is 2.00 bits per heavy atom. The molecule has 1 aliphatic rings. The normalized spacial score (nSPS) is 15.7. The molecule has 1 aromatic carbocycles. The average Bonchev–Trinajstić information content (AvgIpc) is 3.25. The van der Waals surface area contributed by atoms with Crippen molar-refractivity contribution in [3.05, 3.63) is 24.3 Å². The monoisotopic (exact) mass is 278 g/mol. The van der Waals surface area contributed by atoms with Gasteiger partial charge in [0.1, 0.15) is 12.6 Å². The molecule has 5 heteroatoms. The van der Waals surface area contributed by atoms with Crippen LogP contribution in [0.15, 0.2) is 24.3 Å². The summed E-state index contributed by atoms with van der Waals surface area (Å²) in [6.07, 6.45) is 3.13. The van der Waals surface area contributed by atoms with E-state index in [0.717, 1.165) is 19.3 Å². The van der Waals surface area contributed by atoms with Gasteiger partial charge in [-0.3, -0.25) is 4.79 Å². The molecule has 3 N–H and O–H groups in total. The quantitative estimate of drug-likeness (QED) is 0.717. The molecule has 0 saturated heterocycles. The Bertz CT molecular complexity index is 446. The van der Waals surface area contributed by atoms with E-state index in [1.54, 1.807) is 0 Å². The number of nitrogens with one attached hydrogen (secondary N) is 1. The van der Waals surface area contributed by atoms with Crippen molar-refractivity contribution in [1.29, 1.82) is 0 Å². The van der Waals surface area contributed by atoms with Crippen LogP contribution in [0.4, 0.5) is 0 Å². The molecule has 0 aromatic heterocycles. The van der Waals surface area contributed by atoms with E-state index >= 15 is 0 Å². The summed E-state index contributed by atoms with van der Waals surface area (Å²) in [7, 11) is 0. The van der Waals surface area contributed by atoms with Crippen LogP contribution in [0.1, 0.15) is 26.2 Å². The summed E-state index contributed by atoms with van der Waals surface area (Å²) in [6.45, 7) is 2.91. The lowest BCUT2D eigenvalue weighted by molar-refractivity contribution is -0.120. The molecule has 2 rings (SSSR count). The van der Waals surface area contributed by atoms with Crippen molar-refractivity contribution in [2.45, 2.75) is 38.3 Å². The zero-order valence-electron chi connectivity index (χ0n) is 11.8. The SMILES string of the molecule is CCCOc1ccccc1OCC(NC1CC1)C(N)=O. The van der Waals surface area contributed by atoms with Crippen molar-refractivity contribution in [3.63, 3.8) is 0 Å². The molecule has 110 valence electrons. The second kappa shape index (κ2) is 7.14. The van der Waals surface area contributed by atoms with E-state index in [4.69, 9.17) is 15.2 Å². The van der Waals surface area contributed by atoms with Gasteiger partial charge in [-0.1, -0.05) is 19.1 Å². The molecule has 1 aliphatic carbocycles. The van der Waals surface area contributed by atoms with Crippen molar-refractivity contribution in [1.82, 2.24) is 5.32 Å². The molecule has 1 saturated carbocycles. The Morgan fingerprint density at radius 3 is 2.55 bits per heavy atom. The van der Waals surface area contributed by atoms with E-state index in [-0.39, 0.29) is 12.5 Å². The molecule has 1 fully saturated rings. The van der Waals surface area contributed by atoms with Gasteiger partial charge in [0.25, 0.3) is 0 Å². The van der Waals surface area contributed by atoms with E-state index in [1.165, 1.54) is 0 Å². The molecule has 0 aliphatic heterocycles. The van der Waals surface area contributed by atoms with E-state index in [0.29, 0.717) is 24.1 Å². The molecule has 0 radical (unpaired) electrons. The van der Waals surface area contributed by atoms with Crippen molar-refractivity contribution in [2.75, 3.05) is 13.2 Å². The Kier molecular flexibility index (Phi) is 5.24.